The molecule has 2 aromatic rings. The molecule has 24 heavy (non-hydrogen) atoms. The fourth-order valence-electron chi connectivity index (χ4n) is 2.97. The van der Waals surface area contributed by atoms with Crippen LogP contribution in [0.1, 0.15) is 30.0 Å². The minimum atomic E-state index is 0.0396. The number of piperazine rings is 1. The first kappa shape index (κ1) is 16.5. The largest absolute Gasteiger partial charge is 0.462 e. The average molecular weight is 325 g/mol. The first-order valence-electron chi connectivity index (χ1n) is 8.31. The molecule has 0 aliphatic carbocycles. The summed E-state index contributed by atoms with van der Waals surface area (Å²) in [5.74, 6) is 1.60. The molecule has 1 saturated heterocycles. The van der Waals surface area contributed by atoms with Gasteiger partial charge in [-0.3, -0.25) is 14.7 Å². The number of pyridine rings is 1. The number of carbonyl (C=O) groups excluding carboxylic acids is 1. The lowest BCUT2D eigenvalue weighted by atomic mass is 10.1. The Hall–Kier alpha value is -2.40. The number of aryl methyl sites for hydroxylation is 1. The molecule has 0 bridgehead atoms. The highest BCUT2D eigenvalue weighted by atomic mass is 16.3. The number of nitrogens with zero attached hydrogens (tertiary/aromatic N) is 3. The van der Waals surface area contributed by atoms with Crippen LogP contribution in [-0.4, -0.2) is 46.9 Å². The van der Waals surface area contributed by atoms with Gasteiger partial charge in [0.1, 0.15) is 11.5 Å². The van der Waals surface area contributed by atoms with Gasteiger partial charge in [0.15, 0.2) is 0 Å². The van der Waals surface area contributed by atoms with Gasteiger partial charge in [-0.1, -0.05) is 6.07 Å². The monoisotopic (exact) mass is 325 g/mol. The van der Waals surface area contributed by atoms with Gasteiger partial charge in [0.2, 0.25) is 5.91 Å². The Balaban J connectivity index is 1.53. The lowest BCUT2D eigenvalue weighted by Crippen LogP contribution is -2.48. The van der Waals surface area contributed by atoms with Gasteiger partial charge >= 0.3 is 0 Å². The van der Waals surface area contributed by atoms with E-state index < -0.39 is 0 Å². The van der Waals surface area contributed by atoms with Crippen LogP contribution in [0.2, 0.25) is 0 Å². The van der Waals surface area contributed by atoms with Crippen molar-refractivity contribution in [2.45, 2.75) is 19.9 Å². The molecule has 3 rings (SSSR count). The van der Waals surface area contributed by atoms with Crippen LogP contribution in [0.25, 0.3) is 6.08 Å². The lowest BCUT2D eigenvalue weighted by Gasteiger charge is -2.37. The Morgan fingerprint density at radius 3 is 2.67 bits per heavy atom. The number of amides is 1. The van der Waals surface area contributed by atoms with Crippen LogP contribution < -0.4 is 0 Å². The van der Waals surface area contributed by atoms with E-state index in [4.69, 9.17) is 4.42 Å². The molecular weight excluding hydrogens is 302 g/mol. The lowest BCUT2D eigenvalue weighted by molar-refractivity contribution is -0.127. The summed E-state index contributed by atoms with van der Waals surface area (Å²) in [6.45, 7) is 7.30. The van der Waals surface area contributed by atoms with Crippen LogP contribution in [0.4, 0.5) is 0 Å². The topological polar surface area (TPSA) is 49.6 Å². The Bertz CT molecular complexity index is 700. The van der Waals surface area contributed by atoms with E-state index in [-0.39, 0.29) is 5.91 Å². The van der Waals surface area contributed by atoms with E-state index in [1.165, 1.54) is 5.56 Å². The second-order valence-electron chi connectivity index (χ2n) is 6.11. The van der Waals surface area contributed by atoms with Crippen molar-refractivity contribution in [3.05, 3.63) is 59.8 Å². The smallest absolute Gasteiger partial charge is 0.246 e. The number of carbonyl (C=O) groups is 1. The molecule has 0 saturated carbocycles. The molecule has 1 atom stereocenters. The van der Waals surface area contributed by atoms with Crippen LogP contribution in [-0.2, 0) is 4.79 Å². The van der Waals surface area contributed by atoms with Crippen molar-refractivity contribution in [2.24, 2.45) is 0 Å². The van der Waals surface area contributed by atoms with E-state index in [2.05, 4.69) is 22.9 Å². The summed E-state index contributed by atoms with van der Waals surface area (Å²) >= 11 is 0. The molecular formula is C19H23N3O2. The molecule has 0 aromatic carbocycles. The molecule has 5 nitrogen and oxygen atoms in total. The number of aromatic nitrogens is 1. The van der Waals surface area contributed by atoms with Crippen LogP contribution in [0, 0.1) is 6.92 Å². The van der Waals surface area contributed by atoms with Crippen LogP contribution in [0.5, 0.6) is 0 Å². The highest BCUT2D eigenvalue weighted by Crippen LogP contribution is 2.20. The van der Waals surface area contributed by atoms with E-state index >= 15 is 0 Å². The van der Waals surface area contributed by atoms with Gasteiger partial charge in [-0.2, -0.15) is 0 Å². The minimum absolute atomic E-state index is 0.0396. The van der Waals surface area contributed by atoms with Crippen molar-refractivity contribution in [3.63, 3.8) is 0 Å². The highest BCUT2D eigenvalue weighted by Gasteiger charge is 2.23. The zero-order valence-electron chi connectivity index (χ0n) is 14.2. The van der Waals surface area contributed by atoms with E-state index in [1.54, 1.807) is 18.3 Å². The maximum atomic E-state index is 12.3. The molecule has 0 radical (unpaired) electrons. The Kier molecular flexibility index (Phi) is 5.11. The number of hydrogen-bond acceptors (Lipinski definition) is 4. The second kappa shape index (κ2) is 7.45. The Morgan fingerprint density at radius 1 is 1.25 bits per heavy atom. The third kappa shape index (κ3) is 3.92. The van der Waals surface area contributed by atoms with Gasteiger partial charge in [-0.05, 0) is 43.7 Å². The van der Waals surface area contributed by atoms with Gasteiger partial charge in [-0.15, -0.1) is 0 Å². The molecule has 0 N–H and O–H groups in total. The molecule has 3 heterocycles. The fraction of sp³-hybridized carbons (Fsp3) is 0.368. The van der Waals surface area contributed by atoms with E-state index in [0.717, 1.165) is 31.9 Å². The zero-order valence-corrected chi connectivity index (χ0v) is 14.2. The molecule has 1 amide bonds. The summed E-state index contributed by atoms with van der Waals surface area (Å²) in [6, 6.07) is 8.14. The van der Waals surface area contributed by atoms with E-state index in [0.29, 0.717) is 11.8 Å². The van der Waals surface area contributed by atoms with Crippen LogP contribution in [0.3, 0.4) is 0 Å². The zero-order chi connectivity index (χ0) is 16.9. The summed E-state index contributed by atoms with van der Waals surface area (Å²) in [7, 11) is 0. The maximum absolute atomic E-state index is 12.3. The molecule has 1 aliphatic rings. The molecule has 0 unspecified atom stereocenters. The summed E-state index contributed by atoms with van der Waals surface area (Å²) in [5, 5.41) is 0. The summed E-state index contributed by atoms with van der Waals surface area (Å²) in [4.78, 5) is 20.8. The van der Waals surface area contributed by atoms with Crippen molar-refractivity contribution in [1.29, 1.82) is 0 Å². The van der Waals surface area contributed by atoms with Crippen molar-refractivity contribution in [1.82, 2.24) is 14.8 Å². The first-order chi connectivity index (χ1) is 11.6. The van der Waals surface area contributed by atoms with E-state index in [1.807, 2.05) is 36.2 Å². The van der Waals surface area contributed by atoms with Crippen molar-refractivity contribution >= 4 is 12.0 Å². The SMILES string of the molecule is Cc1ccc(/C=C\C(=O)N2CCN([C@@H](C)c3cccnc3)CC2)o1. The molecule has 1 aliphatic heterocycles. The predicted molar refractivity (Wildman–Crippen MR) is 93.3 cm³/mol. The third-order valence-electron chi connectivity index (χ3n) is 4.49. The average Bonchev–Trinajstić information content (AvgIpc) is 3.05. The summed E-state index contributed by atoms with van der Waals surface area (Å²) in [5.41, 5.74) is 1.21. The maximum Gasteiger partial charge on any atom is 0.246 e. The van der Waals surface area contributed by atoms with Crippen molar-refractivity contribution in [2.75, 3.05) is 26.2 Å². The molecule has 5 heteroatoms. The summed E-state index contributed by atoms with van der Waals surface area (Å²) < 4.78 is 5.45. The normalized spacial score (nSPS) is 17.3. The highest BCUT2D eigenvalue weighted by molar-refractivity contribution is 5.91. The van der Waals surface area contributed by atoms with Crippen molar-refractivity contribution in [3.8, 4) is 0 Å². The quantitative estimate of drug-likeness (QED) is 0.811. The number of furan rings is 1. The number of hydrogen-bond donors (Lipinski definition) is 0. The fourth-order valence-corrected chi connectivity index (χ4v) is 2.97. The van der Waals surface area contributed by atoms with Gasteiger partial charge in [0, 0.05) is 50.7 Å². The third-order valence-corrected chi connectivity index (χ3v) is 4.49. The Labute approximate surface area is 142 Å². The Morgan fingerprint density at radius 2 is 2.04 bits per heavy atom. The molecule has 126 valence electrons. The predicted octanol–water partition coefficient (Wildman–Crippen LogP) is 2.90. The molecule has 2 aromatic heterocycles. The van der Waals surface area contributed by atoms with Gasteiger partial charge < -0.3 is 9.32 Å². The van der Waals surface area contributed by atoms with Crippen LogP contribution in [0.15, 0.2) is 47.2 Å². The van der Waals surface area contributed by atoms with Crippen molar-refractivity contribution < 1.29 is 9.21 Å². The van der Waals surface area contributed by atoms with Gasteiger partial charge in [-0.25, -0.2) is 0 Å². The van der Waals surface area contributed by atoms with Gasteiger partial charge in [0.05, 0.1) is 0 Å². The summed E-state index contributed by atoms with van der Waals surface area (Å²) in [6.07, 6.45) is 7.04. The standard InChI is InChI=1S/C19H23N3O2/c1-15-5-6-18(24-15)7-8-19(23)22-12-10-21(11-13-22)16(2)17-4-3-9-20-14-17/h3-9,14,16H,10-13H2,1-2H3/b8-7-/t16-/m0/s1. The minimum Gasteiger partial charge on any atom is -0.462 e. The van der Waals surface area contributed by atoms with E-state index in [9.17, 15) is 4.79 Å². The second-order valence-corrected chi connectivity index (χ2v) is 6.11. The van der Waals surface area contributed by atoms with Crippen LogP contribution >= 0.6 is 0 Å². The first-order valence-corrected chi connectivity index (χ1v) is 8.31. The van der Waals surface area contributed by atoms with Gasteiger partial charge in [0.25, 0.3) is 0 Å². The molecule has 0 spiro atoms. The number of rotatable bonds is 4. The molecule has 1 fully saturated rings.